The van der Waals surface area contributed by atoms with Gasteiger partial charge in [-0.2, -0.15) is 6.42 Å². The first-order valence-corrected chi connectivity index (χ1v) is 5.71. The van der Waals surface area contributed by atoms with Crippen LogP contribution in [-0.4, -0.2) is 0 Å². The molecule has 0 rings (SSSR count). The molecule has 0 unspecified atom stereocenters. The second-order valence-corrected chi connectivity index (χ2v) is 3.68. The molecular formula is C12H26AuS-2. The molecule has 0 aliphatic rings. The number of hydrogen-bond acceptors (Lipinski definition) is 1. The maximum Gasteiger partial charge on any atom is 0 e. The van der Waals surface area contributed by atoms with E-state index in [0.717, 1.165) is 6.42 Å². The maximum absolute atomic E-state index is 3.84. The summed E-state index contributed by atoms with van der Waals surface area (Å²) < 4.78 is 0. The molecule has 0 aliphatic heterocycles. The molecule has 1 radical (unpaired) electrons. The average Bonchev–Trinajstić information content (AvgIpc) is 2.10. The van der Waals surface area contributed by atoms with Crippen LogP contribution in [-0.2, 0) is 35.9 Å². The zero-order chi connectivity index (χ0) is 9.07. The van der Waals surface area contributed by atoms with Gasteiger partial charge in [-0.05, 0) is 0 Å². The number of rotatable bonds is 9. The Balaban J connectivity index is -0.000000605. The number of unbranched alkanes of at least 4 members (excludes halogenated alkanes) is 9. The van der Waals surface area contributed by atoms with Crippen molar-refractivity contribution < 1.29 is 22.4 Å². The molecule has 0 atom stereocenters. The fourth-order valence-corrected chi connectivity index (χ4v) is 1.49. The fourth-order valence-electron chi connectivity index (χ4n) is 1.49. The van der Waals surface area contributed by atoms with E-state index in [1.807, 2.05) is 0 Å². The van der Waals surface area contributed by atoms with Crippen LogP contribution in [0, 0.1) is 6.92 Å². The normalized spacial score (nSPS) is 9.00. The van der Waals surface area contributed by atoms with Crippen molar-refractivity contribution in [3.05, 3.63) is 6.92 Å². The van der Waals surface area contributed by atoms with E-state index >= 15 is 0 Å². The molecule has 0 spiro atoms. The second kappa shape index (κ2) is 19.6. The van der Waals surface area contributed by atoms with Crippen molar-refractivity contribution in [3.63, 3.8) is 0 Å². The Bertz CT molecular complexity index is 66.7. The summed E-state index contributed by atoms with van der Waals surface area (Å²) in [5, 5.41) is 0. The second-order valence-electron chi connectivity index (χ2n) is 3.68. The van der Waals surface area contributed by atoms with Crippen LogP contribution in [0.4, 0.5) is 0 Å². The smallest absolute Gasteiger partial charge is 0 e. The first kappa shape index (κ1) is 20.5. The van der Waals surface area contributed by atoms with E-state index < -0.39 is 0 Å². The largest absolute Gasteiger partial charge is 0.813 e. The third kappa shape index (κ3) is 18.8. The van der Waals surface area contributed by atoms with Gasteiger partial charge in [0.1, 0.15) is 0 Å². The van der Waals surface area contributed by atoms with Gasteiger partial charge in [0.05, 0.1) is 0 Å². The summed E-state index contributed by atoms with van der Waals surface area (Å²) in [5.41, 5.74) is 0. The van der Waals surface area contributed by atoms with Crippen molar-refractivity contribution in [2.24, 2.45) is 0 Å². The van der Waals surface area contributed by atoms with Crippen molar-refractivity contribution in [1.82, 2.24) is 0 Å². The van der Waals surface area contributed by atoms with Crippen molar-refractivity contribution >= 4 is 13.5 Å². The van der Waals surface area contributed by atoms with E-state index in [4.69, 9.17) is 0 Å². The summed E-state index contributed by atoms with van der Waals surface area (Å²) in [5.74, 6) is 0. The Hall–Kier alpha value is 1.09. The van der Waals surface area contributed by atoms with Gasteiger partial charge in [-0.15, -0.1) is 0 Å². The summed E-state index contributed by atoms with van der Waals surface area (Å²) >= 11 is 0. The van der Waals surface area contributed by atoms with Gasteiger partial charge in [-0.1, -0.05) is 64.7 Å². The Labute approximate surface area is 114 Å². The molecule has 0 saturated carbocycles. The average molecular weight is 399 g/mol. The predicted octanol–water partition coefficient (Wildman–Crippen LogP) is 4.47. The molecule has 14 heavy (non-hydrogen) atoms. The summed E-state index contributed by atoms with van der Waals surface area (Å²) in [6.45, 7) is 6.12. The minimum atomic E-state index is 0. The molecular weight excluding hydrogens is 373 g/mol. The summed E-state index contributed by atoms with van der Waals surface area (Å²) in [4.78, 5) is 0. The van der Waals surface area contributed by atoms with Crippen LogP contribution in [0.2, 0.25) is 0 Å². The predicted molar refractivity (Wildman–Crippen MR) is 66.0 cm³/mol. The van der Waals surface area contributed by atoms with Crippen LogP contribution < -0.4 is 0 Å². The summed E-state index contributed by atoms with van der Waals surface area (Å²) in [6.07, 6.45) is 13.9. The Kier molecular flexibility index (Phi) is 28.7. The van der Waals surface area contributed by atoms with E-state index in [-0.39, 0.29) is 35.9 Å². The van der Waals surface area contributed by atoms with Crippen molar-refractivity contribution in [2.75, 3.05) is 0 Å². The van der Waals surface area contributed by atoms with Gasteiger partial charge < -0.3 is 20.4 Å². The molecule has 0 aromatic heterocycles. The molecule has 0 saturated heterocycles. The number of hydrogen-bond donors (Lipinski definition) is 0. The van der Waals surface area contributed by atoms with Crippen LogP contribution in [0.25, 0.3) is 0 Å². The molecule has 0 bridgehead atoms. The van der Waals surface area contributed by atoms with Gasteiger partial charge in [0, 0.05) is 22.4 Å². The molecule has 0 heterocycles. The first-order valence-electron chi connectivity index (χ1n) is 5.71. The quantitative estimate of drug-likeness (QED) is 0.181. The SMILES string of the molecule is [Au].[CH2-]CCCCCCCCCCC.[SH-]. The minimum Gasteiger partial charge on any atom is -0.813 e. The molecule has 0 aromatic rings. The van der Waals surface area contributed by atoms with Crippen LogP contribution in [0.1, 0.15) is 71.1 Å². The van der Waals surface area contributed by atoms with E-state index in [2.05, 4.69) is 13.8 Å². The monoisotopic (exact) mass is 399 g/mol. The molecule has 0 nitrogen and oxygen atoms in total. The zero-order valence-corrected chi connectivity index (χ0v) is 12.6. The van der Waals surface area contributed by atoms with Crippen molar-refractivity contribution in [2.45, 2.75) is 71.1 Å². The van der Waals surface area contributed by atoms with E-state index in [1.165, 1.54) is 57.8 Å². The zero-order valence-electron chi connectivity index (χ0n) is 9.53. The van der Waals surface area contributed by atoms with Crippen LogP contribution in [0.5, 0.6) is 0 Å². The summed E-state index contributed by atoms with van der Waals surface area (Å²) in [7, 11) is 0. The third-order valence-corrected chi connectivity index (χ3v) is 2.35. The first-order chi connectivity index (χ1) is 5.91. The van der Waals surface area contributed by atoms with E-state index in [1.54, 1.807) is 0 Å². The van der Waals surface area contributed by atoms with Gasteiger partial charge in [0.2, 0.25) is 0 Å². The number of thiol groups is 1. The van der Waals surface area contributed by atoms with Crippen LogP contribution >= 0.6 is 0 Å². The Morgan fingerprint density at radius 1 is 0.714 bits per heavy atom. The Morgan fingerprint density at radius 2 is 1.07 bits per heavy atom. The summed E-state index contributed by atoms with van der Waals surface area (Å²) in [6, 6.07) is 0. The van der Waals surface area contributed by atoms with E-state index in [0.29, 0.717) is 0 Å². The molecule has 0 amide bonds. The van der Waals surface area contributed by atoms with Crippen LogP contribution in [0.3, 0.4) is 0 Å². The topological polar surface area (TPSA) is 0 Å². The Morgan fingerprint density at radius 3 is 1.43 bits per heavy atom. The standard InChI is InChI=1S/C12H25.Au.H2S/c1-3-5-7-9-11-12-10-8-6-4-2;;/h1,3-12H2,2H3;;1H2/q-1;;/p-1. The van der Waals surface area contributed by atoms with Crippen molar-refractivity contribution in [3.8, 4) is 0 Å². The molecule has 0 aromatic carbocycles. The molecule has 0 aliphatic carbocycles. The molecule has 0 fully saturated rings. The molecule has 2 heteroatoms. The molecule has 0 N–H and O–H groups in total. The molecule has 93 valence electrons. The van der Waals surface area contributed by atoms with Gasteiger partial charge in [-0.25, -0.2) is 0 Å². The van der Waals surface area contributed by atoms with Gasteiger partial charge >= 0.3 is 0 Å². The maximum atomic E-state index is 3.84. The van der Waals surface area contributed by atoms with Gasteiger partial charge in [0.25, 0.3) is 0 Å². The van der Waals surface area contributed by atoms with E-state index in [9.17, 15) is 0 Å². The van der Waals surface area contributed by atoms with Gasteiger partial charge in [0.15, 0.2) is 0 Å². The fraction of sp³-hybridized carbons (Fsp3) is 0.917. The minimum absolute atomic E-state index is 0. The third-order valence-electron chi connectivity index (χ3n) is 2.35. The van der Waals surface area contributed by atoms with Crippen LogP contribution in [0.15, 0.2) is 0 Å². The van der Waals surface area contributed by atoms with Gasteiger partial charge in [-0.3, -0.25) is 0 Å². The van der Waals surface area contributed by atoms with Crippen molar-refractivity contribution in [1.29, 1.82) is 0 Å².